The van der Waals surface area contributed by atoms with E-state index in [1.165, 1.54) is 17.0 Å². The lowest BCUT2D eigenvalue weighted by molar-refractivity contribution is -0.131. The largest absolute Gasteiger partial charge is 0.494 e. The minimum absolute atomic E-state index is 0.0260. The highest BCUT2D eigenvalue weighted by molar-refractivity contribution is 5.95. The minimum Gasteiger partial charge on any atom is -0.494 e. The zero-order valence-corrected chi connectivity index (χ0v) is 23.3. The number of likely N-dealkylation sites (tertiary alicyclic amines) is 1. The SMILES string of the molecule is O=C1NCCN(C(=O)Cc2noc3ccccc23)CCCOc2cccc(c2)[C@H]2CN(C(=O)c3cccc(F)c3F)C[C@H]12. The molecule has 3 amide bonds. The number of amides is 3. The molecule has 3 heterocycles. The van der Waals surface area contributed by atoms with Gasteiger partial charge in [-0.25, -0.2) is 8.78 Å². The number of fused-ring (bicyclic) bond motifs is 5. The quantitative estimate of drug-likeness (QED) is 0.389. The van der Waals surface area contributed by atoms with Gasteiger partial charge in [-0.2, -0.15) is 0 Å². The summed E-state index contributed by atoms with van der Waals surface area (Å²) >= 11 is 0. The second-order valence-electron chi connectivity index (χ2n) is 10.8. The summed E-state index contributed by atoms with van der Waals surface area (Å²) in [6.07, 6.45) is 0.614. The smallest absolute Gasteiger partial charge is 0.256 e. The Kier molecular flexibility index (Phi) is 8.04. The van der Waals surface area contributed by atoms with E-state index in [0.717, 1.165) is 17.0 Å². The number of benzene rings is 3. The van der Waals surface area contributed by atoms with Crippen LogP contribution in [0.1, 0.15) is 34.0 Å². The van der Waals surface area contributed by atoms with E-state index in [1.807, 2.05) is 42.5 Å². The van der Waals surface area contributed by atoms with Gasteiger partial charge in [0.2, 0.25) is 11.8 Å². The van der Waals surface area contributed by atoms with Crippen molar-refractivity contribution < 1.29 is 32.4 Å². The summed E-state index contributed by atoms with van der Waals surface area (Å²) in [5, 5.41) is 7.79. The maximum absolute atomic E-state index is 14.5. The van der Waals surface area contributed by atoms with Crippen LogP contribution < -0.4 is 10.1 Å². The van der Waals surface area contributed by atoms with Gasteiger partial charge in [-0.05, 0) is 48.4 Å². The van der Waals surface area contributed by atoms with Crippen LogP contribution in [0.4, 0.5) is 8.78 Å². The molecule has 2 aliphatic rings. The first-order valence-electron chi connectivity index (χ1n) is 14.2. The van der Waals surface area contributed by atoms with E-state index < -0.39 is 29.4 Å². The molecular formula is C32H30F2N4O5. The number of hydrogen-bond acceptors (Lipinski definition) is 6. The number of rotatable bonds is 3. The van der Waals surface area contributed by atoms with Crippen molar-refractivity contribution in [1.29, 1.82) is 0 Å². The van der Waals surface area contributed by atoms with Crippen LogP contribution in [0.2, 0.25) is 0 Å². The molecule has 9 nitrogen and oxygen atoms in total. The number of para-hydroxylation sites is 1. The molecule has 0 saturated carbocycles. The Hall–Kier alpha value is -4.80. The van der Waals surface area contributed by atoms with E-state index in [0.29, 0.717) is 36.6 Å². The van der Waals surface area contributed by atoms with Gasteiger partial charge < -0.3 is 24.4 Å². The van der Waals surface area contributed by atoms with Gasteiger partial charge in [-0.3, -0.25) is 14.4 Å². The maximum Gasteiger partial charge on any atom is 0.256 e. The van der Waals surface area contributed by atoms with Crippen LogP contribution in [0.15, 0.2) is 71.3 Å². The van der Waals surface area contributed by atoms with Gasteiger partial charge in [0.1, 0.15) is 11.4 Å². The van der Waals surface area contributed by atoms with E-state index in [9.17, 15) is 23.2 Å². The number of halogens is 2. The van der Waals surface area contributed by atoms with Crippen molar-refractivity contribution in [3.63, 3.8) is 0 Å². The molecule has 1 N–H and O–H groups in total. The van der Waals surface area contributed by atoms with Crippen molar-refractivity contribution >= 4 is 28.7 Å². The molecule has 2 bridgehead atoms. The Morgan fingerprint density at radius 3 is 2.65 bits per heavy atom. The van der Waals surface area contributed by atoms with Crippen molar-refractivity contribution in [3.05, 3.63) is 95.2 Å². The predicted molar refractivity (Wildman–Crippen MR) is 152 cm³/mol. The van der Waals surface area contributed by atoms with Crippen LogP contribution in [-0.4, -0.2) is 72.0 Å². The molecule has 1 fully saturated rings. The standard InChI is InChI=1S/C32H30F2N4O5/c33-26-10-4-9-23(30(26)34)32(41)38-18-24-20-6-3-7-21(16-20)42-15-5-13-37(14-12-35-31(40)25(24)19-38)29(39)17-27-22-8-1-2-11-28(22)43-36-27/h1-4,6-11,16,24-25H,5,12-15,17-19H2,(H,35,40)/t24-,25+/m1/s1. The fourth-order valence-corrected chi connectivity index (χ4v) is 5.82. The van der Waals surface area contributed by atoms with Crippen LogP contribution in [-0.2, 0) is 16.0 Å². The minimum atomic E-state index is -1.21. The Labute approximate surface area is 246 Å². The molecule has 2 aliphatic heterocycles. The second kappa shape index (κ2) is 12.2. The normalized spacial score (nSPS) is 19.3. The fourth-order valence-electron chi connectivity index (χ4n) is 5.82. The van der Waals surface area contributed by atoms with Gasteiger partial charge in [0.25, 0.3) is 5.91 Å². The molecule has 0 spiro atoms. The van der Waals surface area contributed by atoms with Gasteiger partial charge in [0.15, 0.2) is 17.2 Å². The third-order valence-corrected chi connectivity index (χ3v) is 8.06. The van der Waals surface area contributed by atoms with E-state index in [-0.39, 0.29) is 50.0 Å². The number of carbonyl (C=O) groups is 3. The van der Waals surface area contributed by atoms with Gasteiger partial charge in [0.05, 0.1) is 24.5 Å². The number of hydrogen-bond donors (Lipinski definition) is 1. The Balaban J connectivity index is 1.21. The highest BCUT2D eigenvalue weighted by Crippen LogP contribution is 2.35. The van der Waals surface area contributed by atoms with Crippen LogP contribution in [0.3, 0.4) is 0 Å². The molecule has 1 saturated heterocycles. The van der Waals surface area contributed by atoms with Crippen molar-refractivity contribution in [1.82, 2.24) is 20.3 Å². The third-order valence-electron chi connectivity index (χ3n) is 8.06. The molecular weight excluding hydrogens is 558 g/mol. The molecule has 0 unspecified atom stereocenters. The molecule has 4 aromatic rings. The molecule has 6 rings (SSSR count). The first kappa shape index (κ1) is 28.3. The average Bonchev–Trinajstić information content (AvgIpc) is 3.64. The van der Waals surface area contributed by atoms with Gasteiger partial charge in [0, 0.05) is 44.0 Å². The Bertz CT molecular complexity index is 1670. The zero-order chi connectivity index (χ0) is 29.9. The monoisotopic (exact) mass is 588 g/mol. The molecule has 222 valence electrons. The van der Waals surface area contributed by atoms with Crippen molar-refractivity contribution in [2.24, 2.45) is 5.92 Å². The molecule has 43 heavy (non-hydrogen) atoms. The van der Waals surface area contributed by atoms with E-state index >= 15 is 0 Å². The lowest BCUT2D eigenvalue weighted by atomic mass is 9.88. The summed E-state index contributed by atoms with van der Waals surface area (Å²) in [7, 11) is 0. The summed E-state index contributed by atoms with van der Waals surface area (Å²) in [4.78, 5) is 43.2. The molecule has 0 radical (unpaired) electrons. The second-order valence-corrected chi connectivity index (χ2v) is 10.8. The zero-order valence-electron chi connectivity index (χ0n) is 23.3. The Morgan fingerprint density at radius 2 is 1.77 bits per heavy atom. The number of nitrogens with one attached hydrogen (secondary N) is 1. The first-order chi connectivity index (χ1) is 20.9. The maximum atomic E-state index is 14.5. The average molecular weight is 589 g/mol. The fraction of sp³-hybridized carbons (Fsp3) is 0.312. The molecule has 1 aromatic heterocycles. The predicted octanol–water partition coefficient (Wildman–Crippen LogP) is 3.93. The van der Waals surface area contributed by atoms with Crippen LogP contribution in [0.25, 0.3) is 11.0 Å². The molecule has 0 aliphatic carbocycles. The van der Waals surface area contributed by atoms with E-state index in [1.54, 1.807) is 11.0 Å². The van der Waals surface area contributed by atoms with E-state index in [4.69, 9.17) is 9.26 Å². The van der Waals surface area contributed by atoms with Gasteiger partial charge in [-0.1, -0.05) is 35.5 Å². The third kappa shape index (κ3) is 5.93. The molecule has 2 atom stereocenters. The molecule has 3 aromatic carbocycles. The number of ether oxygens (including phenoxy) is 1. The van der Waals surface area contributed by atoms with Crippen molar-refractivity contribution in [2.45, 2.75) is 18.8 Å². The van der Waals surface area contributed by atoms with Crippen molar-refractivity contribution in [3.8, 4) is 5.75 Å². The van der Waals surface area contributed by atoms with Crippen molar-refractivity contribution in [2.75, 3.05) is 39.3 Å². The Morgan fingerprint density at radius 1 is 0.953 bits per heavy atom. The summed E-state index contributed by atoms with van der Waals surface area (Å²) in [6, 6.07) is 18.1. The number of nitrogens with zero attached hydrogens (tertiary/aromatic N) is 3. The summed E-state index contributed by atoms with van der Waals surface area (Å²) < 4.78 is 39.7. The topological polar surface area (TPSA) is 105 Å². The van der Waals surface area contributed by atoms with Gasteiger partial charge >= 0.3 is 0 Å². The van der Waals surface area contributed by atoms with Gasteiger partial charge in [-0.15, -0.1) is 0 Å². The lowest BCUT2D eigenvalue weighted by Gasteiger charge is -2.25. The summed E-state index contributed by atoms with van der Waals surface area (Å²) in [5.41, 5.74) is 1.58. The highest BCUT2D eigenvalue weighted by atomic mass is 19.2. The number of aromatic nitrogens is 1. The van der Waals surface area contributed by atoms with Crippen LogP contribution in [0, 0.1) is 17.6 Å². The summed E-state index contributed by atoms with van der Waals surface area (Å²) in [6.45, 7) is 1.41. The highest BCUT2D eigenvalue weighted by Gasteiger charge is 2.41. The molecule has 11 heteroatoms. The summed E-state index contributed by atoms with van der Waals surface area (Å²) in [5.74, 6) is -3.90. The van der Waals surface area contributed by atoms with E-state index in [2.05, 4.69) is 10.5 Å². The van der Waals surface area contributed by atoms with Crippen LogP contribution >= 0.6 is 0 Å². The number of carbonyl (C=O) groups excluding carboxylic acids is 3. The van der Waals surface area contributed by atoms with Crippen LogP contribution in [0.5, 0.6) is 5.75 Å². The lowest BCUT2D eigenvalue weighted by Crippen LogP contribution is -2.43. The first-order valence-corrected chi connectivity index (χ1v) is 14.2.